The van der Waals surface area contributed by atoms with Crippen LogP contribution in [0.15, 0.2) is 46.3 Å². The molecule has 1 unspecified atom stereocenters. The van der Waals surface area contributed by atoms with Crippen LogP contribution in [0.25, 0.3) is 0 Å². The molecule has 3 heteroatoms. The van der Waals surface area contributed by atoms with Crippen molar-refractivity contribution >= 4 is 27.3 Å². The fourth-order valence-corrected chi connectivity index (χ4v) is 3.96. The quantitative estimate of drug-likeness (QED) is 0.732. The average molecular weight is 366 g/mol. The van der Waals surface area contributed by atoms with Gasteiger partial charge in [0.1, 0.15) is 0 Å². The Morgan fingerprint density at radius 3 is 2.33 bits per heavy atom. The summed E-state index contributed by atoms with van der Waals surface area (Å²) in [5, 5.41) is 3.66. The first-order valence-corrected chi connectivity index (χ1v) is 9.06. The SMILES string of the molecule is CC(C)(C)NCC(Cc1ccccc1)Cc1ccc(Br)s1. The maximum atomic E-state index is 3.66. The number of benzene rings is 1. The highest BCUT2D eigenvalue weighted by molar-refractivity contribution is 9.11. The molecule has 0 saturated heterocycles. The first-order chi connectivity index (χ1) is 9.92. The minimum atomic E-state index is 0.172. The Morgan fingerprint density at radius 1 is 1.05 bits per heavy atom. The molecule has 1 nitrogen and oxygen atoms in total. The second kappa shape index (κ2) is 7.57. The second-order valence-electron chi connectivity index (χ2n) is 6.60. The van der Waals surface area contributed by atoms with Gasteiger partial charge in [-0.2, -0.15) is 0 Å². The van der Waals surface area contributed by atoms with E-state index in [1.165, 1.54) is 14.2 Å². The van der Waals surface area contributed by atoms with E-state index in [0.717, 1.165) is 19.4 Å². The van der Waals surface area contributed by atoms with Crippen LogP contribution in [-0.4, -0.2) is 12.1 Å². The molecule has 2 rings (SSSR count). The lowest BCUT2D eigenvalue weighted by atomic mass is 9.94. The highest BCUT2D eigenvalue weighted by atomic mass is 79.9. The minimum absolute atomic E-state index is 0.172. The molecule has 0 aliphatic carbocycles. The van der Waals surface area contributed by atoms with Gasteiger partial charge in [0.05, 0.1) is 3.79 Å². The summed E-state index contributed by atoms with van der Waals surface area (Å²) in [5.41, 5.74) is 1.60. The summed E-state index contributed by atoms with van der Waals surface area (Å²) in [6.45, 7) is 7.74. The van der Waals surface area contributed by atoms with E-state index in [0.29, 0.717) is 5.92 Å². The molecule has 2 aromatic rings. The second-order valence-corrected chi connectivity index (χ2v) is 9.14. The van der Waals surface area contributed by atoms with Crippen LogP contribution >= 0.6 is 27.3 Å². The Hall–Kier alpha value is -0.640. The number of thiophene rings is 1. The van der Waals surface area contributed by atoms with Crippen LogP contribution in [0.4, 0.5) is 0 Å². The molecule has 0 amide bonds. The van der Waals surface area contributed by atoms with Crippen molar-refractivity contribution in [1.82, 2.24) is 5.32 Å². The van der Waals surface area contributed by atoms with E-state index < -0.39 is 0 Å². The molecule has 0 fully saturated rings. The maximum absolute atomic E-state index is 3.66. The van der Waals surface area contributed by atoms with Crippen LogP contribution in [0.3, 0.4) is 0 Å². The van der Waals surface area contributed by atoms with Gasteiger partial charge in [-0.25, -0.2) is 0 Å². The monoisotopic (exact) mass is 365 g/mol. The van der Waals surface area contributed by atoms with Crippen LogP contribution in [0, 0.1) is 5.92 Å². The summed E-state index contributed by atoms with van der Waals surface area (Å²) in [5.74, 6) is 0.622. The van der Waals surface area contributed by atoms with Crippen LogP contribution in [0.1, 0.15) is 31.2 Å². The maximum Gasteiger partial charge on any atom is 0.0701 e. The number of halogens is 1. The summed E-state index contributed by atoms with van der Waals surface area (Å²) < 4.78 is 1.22. The van der Waals surface area contributed by atoms with Gasteiger partial charge < -0.3 is 5.32 Å². The van der Waals surface area contributed by atoms with Crippen molar-refractivity contribution in [3.63, 3.8) is 0 Å². The Bertz CT molecular complexity index is 542. The molecule has 1 heterocycles. The van der Waals surface area contributed by atoms with Crippen LogP contribution < -0.4 is 5.32 Å². The highest BCUT2D eigenvalue weighted by Gasteiger charge is 2.16. The molecular weight excluding hydrogens is 342 g/mol. The smallest absolute Gasteiger partial charge is 0.0701 e. The topological polar surface area (TPSA) is 12.0 Å². The molecule has 0 bridgehead atoms. The van der Waals surface area contributed by atoms with Crippen molar-refractivity contribution in [1.29, 1.82) is 0 Å². The van der Waals surface area contributed by atoms with Crippen molar-refractivity contribution < 1.29 is 0 Å². The lowest BCUT2D eigenvalue weighted by Gasteiger charge is -2.25. The minimum Gasteiger partial charge on any atom is -0.312 e. The number of rotatable bonds is 6. The van der Waals surface area contributed by atoms with Gasteiger partial charge in [0, 0.05) is 10.4 Å². The van der Waals surface area contributed by atoms with Gasteiger partial charge in [0.15, 0.2) is 0 Å². The van der Waals surface area contributed by atoms with E-state index in [1.54, 1.807) is 0 Å². The van der Waals surface area contributed by atoms with Gasteiger partial charge in [-0.15, -0.1) is 11.3 Å². The van der Waals surface area contributed by atoms with Gasteiger partial charge in [-0.05, 0) is 79.7 Å². The van der Waals surface area contributed by atoms with Crippen LogP contribution in [0.5, 0.6) is 0 Å². The van der Waals surface area contributed by atoms with Gasteiger partial charge in [-0.3, -0.25) is 0 Å². The zero-order chi connectivity index (χ0) is 15.3. The third kappa shape index (κ3) is 6.33. The van der Waals surface area contributed by atoms with Crippen molar-refractivity contribution in [2.24, 2.45) is 5.92 Å². The normalized spacial score (nSPS) is 13.3. The molecule has 0 aliphatic rings. The predicted molar refractivity (Wildman–Crippen MR) is 97.1 cm³/mol. The summed E-state index contributed by atoms with van der Waals surface area (Å²) in [7, 11) is 0. The largest absolute Gasteiger partial charge is 0.312 e. The first-order valence-electron chi connectivity index (χ1n) is 7.45. The molecule has 0 spiro atoms. The third-order valence-corrected chi connectivity index (χ3v) is 5.05. The molecule has 0 aliphatic heterocycles. The van der Waals surface area contributed by atoms with Crippen molar-refractivity contribution in [3.05, 3.63) is 56.7 Å². The van der Waals surface area contributed by atoms with Crippen molar-refractivity contribution in [2.45, 2.75) is 39.2 Å². The predicted octanol–water partition coefficient (Wildman–Crippen LogP) is 5.30. The number of hydrogen-bond acceptors (Lipinski definition) is 2. The first kappa shape index (κ1) is 16.7. The molecule has 1 aromatic carbocycles. The zero-order valence-electron chi connectivity index (χ0n) is 13.0. The van der Waals surface area contributed by atoms with Crippen LogP contribution in [-0.2, 0) is 12.8 Å². The van der Waals surface area contributed by atoms with Gasteiger partial charge in [0.2, 0.25) is 0 Å². The van der Waals surface area contributed by atoms with E-state index in [4.69, 9.17) is 0 Å². The molecule has 0 saturated carbocycles. The van der Waals surface area contributed by atoms with Gasteiger partial charge >= 0.3 is 0 Å². The summed E-state index contributed by atoms with van der Waals surface area (Å²) in [6.07, 6.45) is 2.26. The van der Waals surface area contributed by atoms with Gasteiger partial charge in [-0.1, -0.05) is 30.3 Å². The van der Waals surface area contributed by atoms with E-state index in [9.17, 15) is 0 Å². The van der Waals surface area contributed by atoms with Crippen LogP contribution in [0.2, 0.25) is 0 Å². The van der Waals surface area contributed by atoms with E-state index in [1.807, 2.05) is 11.3 Å². The standard InChI is InChI=1S/C18H24BrNS/c1-18(2,3)20-13-15(11-14-7-5-4-6-8-14)12-16-9-10-17(19)21-16/h4-10,15,20H,11-13H2,1-3H3. The zero-order valence-corrected chi connectivity index (χ0v) is 15.4. The molecule has 114 valence electrons. The third-order valence-electron chi connectivity index (χ3n) is 3.41. The fourth-order valence-electron chi connectivity index (χ4n) is 2.36. The lowest BCUT2D eigenvalue weighted by Crippen LogP contribution is -2.40. The van der Waals surface area contributed by atoms with Crippen molar-refractivity contribution in [3.8, 4) is 0 Å². The number of hydrogen-bond donors (Lipinski definition) is 1. The average Bonchev–Trinajstić information content (AvgIpc) is 2.82. The molecule has 21 heavy (non-hydrogen) atoms. The van der Waals surface area contributed by atoms with E-state index in [-0.39, 0.29) is 5.54 Å². The Morgan fingerprint density at radius 2 is 1.76 bits per heavy atom. The van der Waals surface area contributed by atoms with E-state index >= 15 is 0 Å². The Balaban J connectivity index is 2.02. The molecule has 0 radical (unpaired) electrons. The molecular formula is C18H24BrNS. The Kier molecular flexibility index (Phi) is 6.03. The fraction of sp³-hybridized carbons (Fsp3) is 0.444. The number of nitrogens with one attached hydrogen (secondary N) is 1. The summed E-state index contributed by atoms with van der Waals surface area (Å²) in [4.78, 5) is 1.46. The van der Waals surface area contributed by atoms with E-state index in [2.05, 4.69) is 84.5 Å². The lowest BCUT2D eigenvalue weighted by molar-refractivity contribution is 0.368. The summed E-state index contributed by atoms with van der Waals surface area (Å²) >= 11 is 5.41. The molecule has 1 atom stereocenters. The van der Waals surface area contributed by atoms with Gasteiger partial charge in [0.25, 0.3) is 0 Å². The molecule has 1 aromatic heterocycles. The molecule has 1 N–H and O–H groups in total. The Labute approximate surface area is 140 Å². The van der Waals surface area contributed by atoms with Crippen molar-refractivity contribution in [2.75, 3.05) is 6.54 Å². The highest BCUT2D eigenvalue weighted by Crippen LogP contribution is 2.25. The summed E-state index contributed by atoms with van der Waals surface area (Å²) in [6, 6.07) is 15.2.